The quantitative estimate of drug-likeness (QED) is 0.491. The van der Waals surface area contributed by atoms with Crippen molar-refractivity contribution in [2.24, 2.45) is 0 Å². The third-order valence-corrected chi connectivity index (χ3v) is 4.81. The van der Waals surface area contributed by atoms with Crippen molar-refractivity contribution >= 4 is 5.91 Å². The van der Waals surface area contributed by atoms with Crippen LogP contribution >= 0.6 is 0 Å². The van der Waals surface area contributed by atoms with E-state index in [9.17, 15) is 13.6 Å². The van der Waals surface area contributed by atoms with E-state index in [0.717, 1.165) is 5.56 Å². The molecular weight excluding hydrogens is 384 g/mol. The number of halogens is 2. The van der Waals surface area contributed by atoms with E-state index in [0.29, 0.717) is 11.4 Å². The van der Waals surface area contributed by atoms with Crippen LogP contribution in [0.25, 0.3) is 16.9 Å². The molecule has 3 aromatic carbocycles. The third-order valence-electron chi connectivity index (χ3n) is 4.81. The third kappa shape index (κ3) is 3.98. The Kier molecular flexibility index (Phi) is 5.39. The Morgan fingerprint density at radius 3 is 2.30 bits per heavy atom. The lowest BCUT2D eigenvalue weighted by molar-refractivity contribution is 0.0932. The lowest BCUT2D eigenvalue weighted by Gasteiger charge is -2.15. The van der Waals surface area contributed by atoms with Crippen LogP contribution in [-0.4, -0.2) is 15.7 Å². The lowest BCUT2D eigenvalue weighted by atomic mass is 10.1. The van der Waals surface area contributed by atoms with Crippen molar-refractivity contribution in [3.8, 4) is 16.9 Å². The number of rotatable bonds is 5. The first kappa shape index (κ1) is 19.5. The molecule has 1 heterocycles. The SMILES string of the molecule is CC(NC(=O)c1cc(-c2ccccc2F)nn1-c1ccc(F)cc1)c1ccccc1. The summed E-state index contributed by atoms with van der Waals surface area (Å²) in [7, 11) is 0. The smallest absolute Gasteiger partial charge is 0.270 e. The summed E-state index contributed by atoms with van der Waals surface area (Å²) in [5, 5.41) is 7.38. The maximum Gasteiger partial charge on any atom is 0.270 e. The molecule has 1 aromatic heterocycles. The van der Waals surface area contributed by atoms with Crippen LogP contribution < -0.4 is 5.32 Å². The summed E-state index contributed by atoms with van der Waals surface area (Å²) >= 11 is 0. The van der Waals surface area contributed by atoms with Crippen LogP contribution in [0, 0.1) is 11.6 Å². The van der Waals surface area contributed by atoms with Crippen LogP contribution in [0.5, 0.6) is 0 Å². The zero-order valence-corrected chi connectivity index (χ0v) is 16.2. The number of hydrogen-bond acceptors (Lipinski definition) is 2. The van der Waals surface area contributed by atoms with E-state index < -0.39 is 11.6 Å². The fraction of sp³-hybridized carbons (Fsp3) is 0.0833. The summed E-state index contributed by atoms with van der Waals surface area (Å²) in [5.41, 5.74) is 2.27. The average molecular weight is 403 g/mol. The van der Waals surface area contributed by atoms with E-state index >= 15 is 0 Å². The molecule has 4 rings (SSSR count). The fourth-order valence-corrected chi connectivity index (χ4v) is 3.22. The predicted octanol–water partition coefficient (Wildman–Crippen LogP) is 5.31. The van der Waals surface area contributed by atoms with Gasteiger partial charge in [0.05, 0.1) is 17.4 Å². The Hall–Kier alpha value is -3.80. The van der Waals surface area contributed by atoms with Crippen LogP contribution in [0.2, 0.25) is 0 Å². The van der Waals surface area contributed by atoms with E-state index in [1.807, 2.05) is 37.3 Å². The van der Waals surface area contributed by atoms with Crippen molar-refractivity contribution in [2.75, 3.05) is 0 Å². The van der Waals surface area contributed by atoms with E-state index in [1.54, 1.807) is 18.2 Å². The van der Waals surface area contributed by atoms with Crippen molar-refractivity contribution in [3.63, 3.8) is 0 Å². The first-order valence-electron chi connectivity index (χ1n) is 9.49. The van der Waals surface area contributed by atoms with Gasteiger partial charge < -0.3 is 5.32 Å². The van der Waals surface area contributed by atoms with E-state index in [2.05, 4.69) is 10.4 Å². The molecule has 1 amide bonds. The lowest BCUT2D eigenvalue weighted by Crippen LogP contribution is -2.28. The van der Waals surface area contributed by atoms with Crippen molar-refractivity contribution in [1.82, 2.24) is 15.1 Å². The number of amides is 1. The highest BCUT2D eigenvalue weighted by atomic mass is 19.1. The Morgan fingerprint density at radius 2 is 1.60 bits per heavy atom. The number of nitrogens with one attached hydrogen (secondary N) is 1. The molecule has 0 bridgehead atoms. The second-order valence-electron chi connectivity index (χ2n) is 6.89. The number of nitrogens with zero attached hydrogens (tertiary/aromatic N) is 2. The second kappa shape index (κ2) is 8.29. The minimum Gasteiger partial charge on any atom is -0.344 e. The molecule has 4 nitrogen and oxygen atoms in total. The van der Waals surface area contributed by atoms with Gasteiger partial charge in [0.1, 0.15) is 17.3 Å². The molecule has 6 heteroatoms. The normalized spacial score (nSPS) is 11.8. The van der Waals surface area contributed by atoms with Gasteiger partial charge >= 0.3 is 0 Å². The molecule has 1 N–H and O–H groups in total. The van der Waals surface area contributed by atoms with Gasteiger partial charge in [-0.2, -0.15) is 5.10 Å². The van der Waals surface area contributed by atoms with Crippen LogP contribution in [0.3, 0.4) is 0 Å². The van der Waals surface area contributed by atoms with Gasteiger partial charge in [0.25, 0.3) is 5.91 Å². The maximum absolute atomic E-state index is 14.3. The number of aromatic nitrogens is 2. The molecule has 0 aliphatic heterocycles. The summed E-state index contributed by atoms with van der Waals surface area (Å²) in [5.74, 6) is -1.21. The first-order valence-corrected chi connectivity index (χ1v) is 9.49. The minimum atomic E-state index is -0.439. The Balaban J connectivity index is 1.74. The topological polar surface area (TPSA) is 46.9 Å². The molecule has 0 aliphatic rings. The zero-order chi connectivity index (χ0) is 21.1. The number of carbonyl (C=O) groups excluding carboxylic acids is 1. The maximum atomic E-state index is 14.3. The molecule has 150 valence electrons. The molecule has 0 saturated carbocycles. The van der Waals surface area contributed by atoms with Gasteiger partial charge in [0.2, 0.25) is 0 Å². The van der Waals surface area contributed by atoms with Gasteiger partial charge in [0.15, 0.2) is 0 Å². The second-order valence-corrected chi connectivity index (χ2v) is 6.89. The summed E-state index contributed by atoms with van der Waals surface area (Å²) in [4.78, 5) is 13.1. The van der Waals surface area contributed by atoms with Gasteiger partial charge in [0, 0.05) is 5.56 Å². The van der Waals surface area contributed by atoms with E-state index in [-0.39, 0.29) is 23.2 Å². The Labute approximate surface area is 172 Å². The molecule has 0 aliphatic carbocycles. The highest BCUT2D eigenvalue weighted by molar-refractivity contribution is 5.94. The molecule has 1 unspecified atom stereocenters. The highest BCUT2D eigenvalue weighted by Gasteiger charge is 2.21. The molecule has 0 saturated heterocycles. The van der Waals surface area contributed by atoms with Crippen LogP contribution in [-0.2, 0) is 0 Å². The summed E-state index contributed by atoms with van der Waals surface area (Å²) in [6, 6.07) is 22.7. The largest absolute Gasteiger partial charge is 0.344 e. The van der Waals surface area contributed by atoms with Gasteiger partial charge in [-0.25, -0.2) is 13.5 Å². The van der Waals surface area contributed by atoms with Crippen LogP contribution in [0.1, 0.15) is 29.0 Å². The predicted molar refractivity (Wildman–Crippen MR) is 111 cm³/mol. The van der Waals surface area contributed by atoms with Crippen LogP contribution in [0.4, 0.5) is 8.78 Å². The van der Waals surface area contributed by atoms with E-state index in [1.165, 1.54) is 41.1 Å². The molecular formula is C24H19F2N3O. The summed E-state index contributed by atoms with van der Waals surface area (Å²) in [6.45, 7) is 1.88. The van der Waals surface area contributed by atoms with Gasteiger partial charge in [-0.15, -0.1) is 0 Å². The first-order chi connectivity index (χ1) is 14.5. The highest BCUT2D eigenvalue weighted by Crippen LogP contribution is 2.25. The summed E-state index contributed by atoms with van der Waals surface area (Å²) < 4.78 is 29.1. The van der Waals surface area contributed by atoms with Crippen LogP contribution in [0.15, 0.2) is 84.9 Å². The Bertz CT molecular complexity index is 1170. The van der Waals surface area contributed by atoms with Crippen molar-refractivity contribution in [2.45, 2.75) is 13.0 Å². The van der Waals surface area contributed by atoms with Crippen molar-refractivity contribution < 1.29 is 13.6 Å². The molecule has 0 spiro atoms. The van der Waals surface area contributed by atoms with Gasteiger partial charge in [-0.1, -0.05) is 42.5 Å². The monoisotopic (exact) mass is 403 g/mol. The number of hydrogen-bond donors (Lipinski definition) is 1. The standard InChI is InChI=1S/C24H19F2N3O/c1-16(17-7-3-2-4-8-17)27-24(30)23-15-22(20-9-5-6-10-21(20)26)28-29(23)19-13-11-18(25)12-14-19/h2-16H,1H3,(H,27,30). The molecule has 30 heavy (non-hydrogen) atoms. The number of benzene rings is 3. The van der Waals surface area contributed by atoms with Crippen molar-refractivity contribution in [3.05, 3.63) is 108 Å². The molecule has 0 fully saturated rings. The average Bonchev–Trinajstić information content (AvgIpc) is 3.20. The van der Waals surface area contributed by atoms with Gasteiger partial charge in [-0.05, 0) is 55.0 Å². The molecule has 4 aromatic rings. The summed E-state index contributed by atoms with van der Waals surface area (Å²) in [6.07, 6.45) is 0. The van der Waals surface area contributed by atoms with Gasteiger partial charge in [-0.3, -0.25) is 4.79 Å². The van der Waals surface area contributed by atoms with E-state index in [4.69, 9.17) is 0 Å². The fourth-order valence-electron chi connectivity index (χ4n) is 3.22. The molecule has 0 radical (unpaired) electrons. The zero-order valence-electron chi connectivity index (χ0n) is 16.2. The number of carbonyl (C=O) groups is 1. The Morgan fingerprint density at radius 1 is 0.933 bits per heavy atom. The minimum absolute atomic E-state index is 0.225. The van der Waals surface area contributed by atoms with Crippen molar-refractivity contribution in [1.29, 1.82) is 0 Å². The molecule has 1 atom stereocenters.